The Bertz CT molecular complexity index is 1560. The fraction of sp³-hybridized carbons (Fsp3) is 0.241. The molecule has 0 aliphatic carbocycles. The maximum atomic E-state index is 11.3. The molecular formula is C29H27ClNO4S2-. The van der Waals surface area contributed by atoms with Gasteiger partial charge in [0.25, 0.3) is 0 Å². The van der Waals surface area contributed by atoms with Crippen LogP contribution in [0.25, 0.3) is 28.2 Å². The van der Waals surface area contributed by atoms with Crippen LogP contribution in [0.3, 0.4) is 0 Å². The summed E-state index contributed by atoms with van der Waals surface area (Å²) in [5.74, 6) is 0.279. The summed E-state index contributed by atoms with van der Waals surface area (Å²) in [6, 6.07) is 22.1. The van der Waals surface area contributed by atoms with Crippen LogP contribution in [0.15, 0.2) is 81.1 Å². The quantitative estimate of drug-likeness (QED) is 0.196. The first-order valence-corrected chi connectivity index (χ1v) is 15.1. The Labute approximate surface area is 226 Å². The maximum absolute atomic E-state index is 11.3. The van der Waals surface area contributed by atoms with Gasteiger partial charge in [0, 0.05) is 39.2 Å². The van der Waals surface area contributed by atoms with Crippen molar-refractivity contribution in [1.82, 2.24) is 0 Å². The number of hydrogen-bond acceptors (Lipinski definition) is 6. The van der Waals surface area contributed by atoms with Gasteiger partial charge in [-0.15, -0.1) is 0 Å². The number of halogens is 1. The number of anilines is 1. The van der Waals surface area contributed by atoms with Crippen LogP contribution in [0.1, 0.15) is 37.5 Å². The third kappa shape index (κ3) is 5.91. The number of hydrogen-bond donors (Lipinski definition) is 0. The minimum Gasteiger partial charge on any atom is -0.748 e. The molecule has 5 nitrogen and oxygen atoms in total. The van der Waals surface area contributed by atoms with Gasteiger partial charge in [-0.25, -0.2) is 8.42 Å². The zero-order valence-corrected chi connectivity index (χ0v) is 22.8. The molecular weight excluding hydrogens is 526 g/mol. The Morgan fingerprint density at radius 2 is 1.84 bits per heavy atom. The van der Waals surface area contributed by atoms with E-state index in [2.05, 4.69) is 30.0 Å². The molecule has 1 aliphatic heterocycles. The van der Waals surface area contributed by atoms with Gasteiger partial charge in [0.05, 0.1) is 20.8 Å². The van der Waals surface area contributed by atoms with Crippen LogP contribution in [0.2, 0.25) is 5.02 Å². The van der Waals surface area contributed by atoms with Gasteiger partial charge in [0.1, 0.15) is 11.3 Å². The summed E-state index contributed by atoms with van der Waals surface area (Å²) < 4.78 is 40.3. The standard InChI is InChI=1S/C29H28ClNO4S2/c1-2-3-15-31-25-18-22(30)12-14-28(25)36-29(31)19-27-23(10-7-16-37(32,33)34)24-17-21(11-13-26(24)35-27)20-8-5-4-6-9-20/h4-6,8-9,11-14,17-19H,2-3,7,10,15-16H2,1H3,(H,32,33,34)/p-1. The molecule has 8 heteroatoms. The van der Waals surface area contributed by atoms with Gasteiger partial charge < -0.3 is 13.9 Å². The molecule has 0 saturated heterocycles. The van der Waals surface area contributed by atoms with E-state index in [1.54, 1.807) is 11.8 Å². The molecule has 4 aromatic rings. The van der Waals surface area contributed by atoms with Gasteiger partial charge in [-0.05, 0) is 60.7 Å². The number of nitrogens with zero attached hydrogens (tertiary/aromatic N) is 1. The first-order chi connectivity index (χ1) is 17.8. The zero-order valence-electron chi connectivity index (χ0n) is 20.4. The lowest BCUT2D eigenvalue weighted by molar-refractivity contribution is 0.461. The number of aryl methyl sites for hydroxylation is 1. The molecule has 0 N–H and O–H groups in total. The van der Waals surface area contributed by atoms with Crippen molar-refractivity contribution in [1.29, 1.82) is 0 Å². The van der Waals surface area contributed by atoms with Crippen LogP contribution in [-0.4, -0.2) is 25.3 Å². The molecule has 0 spiro atoms. The smallest absolute Gasteiger partial charge is 0.135 e. The van der Waals surface area contributed by atoms with E-state index in [9.17, 15) is 13.0 Å². The molecule has 0 unspecified atom stereocenters. The highest BCUT2D eigenvalue weighted by molar-refractivity contribution is 8.03. The Hall–Kier alpha value is -2.71. The Kier molecular flexibility index (Phi) is 7.67. The largest absolute Gasteiger partial charge is 0.748 e. The van der Waals surface area contributed by atoms with E-state index in [4.69, 9.17) is 16.0 Å². The number of rotatable bonds is 9. The van der Waals surface area contributed by atoms with Crippen molar-refractivity contribution in [3.05, 3.63) is 88.1 Å². The van der Waals surface area contributed by atoms with Crippen molar-refractivity contribution in [3.8, 4) is 11.1 Å². The second-order valence-electron chi connectivity index (χ2n) is 9.09. The lowest BCUT2D eigenvalue weighted by Crippen LogP contribution is -2.18. The first kappa shape index (κ1) is 25.9. The molecule has 0 amide bonds. The topological polar surface area (TPSA) is 73.6 Å². The van der Waals surface area contributed by atoms with Gasteiger partial charge in [-0.1, -0.05) is 73.1 Å². The maximum Gasteiger partial charge on any atom is 0.135 e. The highest BCUT2D eigenvalue weighted by atomic mass is 35.5. The van der Waals surface area contributed by atoms with Crippen molar-refractivity contribution in [2.45, 2.75) is 37.5 Å². The fourth-order valence-corrected chi connectivity index (χ4v) is 6.38. The monoisotopic (exact) mass is 552 g/mol. The third-order valence-electron chi connectivity index (χ3n) is 6.43. The average Bonchev–Trinajstić information content (AvgIpc) is 3.39. The molecule has 3 aromatic carbocycles. The van der Waals surface area contributed by atoms with Crippen LogP contribution >= 0.6 is 23.4 Å². The van der Waals surface area contributed by atoms with Gasteiger partial charge in [0.2, 0.25) is 0 Å². The molecule has 37 heavy (non-hydrogen) atoms. The number of furan rings is 1. The minimum atomic E-state index is -4.30. The van der Waals surface area contributed by atoms with Crippen molar-refractivity contribution >= 4 is 56.2 Å². The molecule has 0 bridgehead atoms. The number of unbranched alkanes of at least 4 members (excludes halogenated alkanes) is 1. The van der Waals surface area contributed by atoms with Gasteiger partial charge in [0.15, 0.2) is 0 Å². The van der Waals surface area contributed by atoms with Crippen LogP contribution in [0.4, 0.5) is 5.69 Å². The highest BCUT2D eigenvalue weighted by Crippen LogP contribution is 2.48. The van der Waals surface area contributed by atoms with Gasteiger partial charge in [-0.2, -0.15) is 0 Å². The van der Waals surface area contributed by atoms with E-state index in [1.165, 1.54) is 0 Å². The molecule has 0 fully saturated rings. The summed E-state index contributed by atoms with van der Waals surface area (Å²) in [5.41, 5.74) is 4.86. The Balaban J connectivity index is 1.59. The average molecular weight is 553 g/mol. The normalized spacial score (nSPS) is 14.6. The van der Waals surface area contributed by atoms with E-state index in [0.717, 1.165) is 62.7 Å². The summed E-state index contributed by atoms with van der Waals surface area (Å²) in [6.45, 7) is 3.02. The SMILES string of the molecule is CCCCN1C(=Cc2oc3ccc(-c4ccccc4)cc3c2CCCS(=O)(=O)[O-])Sc2ccc(Cl)cc21. The second kappa shape index (κ2) is 11.0. The van der Waals surface area contributed by atoms with E-state index in [1.807, 2.05) is 54.6 Å². The molecule has 1 aliphatic rings. The Morgan fingerprint density at radius 3 is 2.59 bits per heavy atom. The lowest BCUT2D eigenvalue weighted by atomic mass is 10.00. The summed E-state index contributed by atoms with van der Waals surface area (Å²) in [5, 5.41) is 2.66. The van der Waals surface area contributed by atoms with Crippen molar-refractivity contribution in [2.75, 3.05) is 17.2 Å². The second-order valence-corrected chi connectivity index (χ2v) is 12.1. The van der Waals surface area contributed by atoms with E-state index >= 15 is 0 Å². The summed E-state index contributed by atoms with van der Waals surface area (Å²) in [4.78, 5) is 3.40. The third-order valence-corrected chi connectivity index (χ3v) is 8.57. The molecule has 1 aromatic heterocycles. The van der Waals surface area contributed by atoms with Crippen LogP contribution in [-0.2, 0) is 16.5 Å². The van der Waals surface area contributed by atoms with Gasteiger partial charge in [-0.3, -0.25) is 0 Å². The van der Waals surface area contributed by atoms with E-state index in [0.29, 0.717) is 17.2 Å². The number of thioether (sulfide) groups is 1. The van der Waals surface area contributed by atoms with Crippen molar-refractivity contribution in [2.24, 2.45) is 0 Å². The fourth-order valence-electron chi connectivity index (χ4n) is 4.62. The van der Waals surface area contributed by atoms with Crippen molar-refractivity contribution < 1.29 is 17.4 Å². The predicted octanol–water partition coefficient (Wildman–Crippen LogP) is 7.94. The van der Waals surface area contributed by atoms with Crippen LogP contribution < -0.4 is 4.90 Å². The molecule has 0 atom stereocenters. The summed E-state index contributed by atoms with van der Waals surface area (Å²) >= 11 is 7.99. The Morgan fingerprint density at radius 1 is 1.03 bits per heavy atom. The van der Waals surface area contributed by atoms with Crippen LogP contribution in [0, 0.1) is 0 Å². The predicted molar refractivity (Wildman–Crippen MR) is 152 cm³/mol. The minimum absolute atomic E-state index is 0.231. The molecule has 192 valence electrons. The van der Waals surface area contributed by atoms with Gasteiger partial charge >= 0.3 is 0 Å². The van der Waals surface area contributed by atoms with E-state index in [-0.39, 0.29) is 6.42 Å². The van der Waals surface area contributed by atoms with Crippen LogP contribution in [0.5, 0.6) is 0 Å². The molecule has 0 saturated carbocycles. The lowest BCUT2D eigenvalue weighted by Gasteiger charge is -2.20. The molecule has 0 radical (unpaired) electrons. The van der Waals surface area contributed by atoms with E-state index < -0.39 is 15.9 Å². The zero-order chi connectivity index (χ0) is 26.0. The molecule has 2 heterocycles. The number of fused-ring (bicyclic) bond motifs is 2. The first-order valence-electron chi connectivity index (χ1n) is 12.3. The summed E-state index contributed by atoms with van der Waals surface area (Å²) in [6.07, 6.45) is 4.78. The molecule has 5 rings (SSSR count). The number of benzene rings is 3. The van der Waals surface area contributed by atoms with Crippen molar-refractivity contribution in [3.63, 3.8) is 0 Å². The summed E-state index contributed by atoms with van der Waals surface area (Å²) in [7, 11) is -4.30. The highest BCUT2D eigenvalue weighted by Gasteiger charge is 2.26.